The summed E-state index contributed by atoms with van der Waals surface area (Å²) >= 11 is 18.5. The molecule has 8 rings (SSSR count). The summed E-state index contributed by atoms with van der Waals surface area (Å²) in [7, 11) is 3.15. The number of halogens is 3. The van der Waals surface area contributed by atoms with Crippen LogP contribution in [0.4, 0.5) is 35.2 Å². The molecule has 0 aliphatic heterocycles. The van der Waals surface area contributed by atoms with E-state index in [1.54, 1.807) is 81.3 Å². The Hall–Kier alpha value is -5.97. The van der Waals surface area contributed by atoms with Crippen molar-refractivity contribution in [1.82, 2.24) is 39.9 Å². The van der Waals surface area contributed by atoms with E-state index in [4.69, 9.17) is 54.1 Å². The fourth-order valence-corrected chi connectivity index (χ4v) is 7.49. The van der Waals surface area contributed by atoms with E-state index in [-0.39, 0.29) is 17.0 Å². The highest BCUT2D eigenvalue weighted by Gasteiger charge is 2.17. The SMILES string of the molecule is COc1ccc(Nc2nc(Cl)nc(NC3CCCCCC3)n2)cc1Cl.COc1ccc(Nc2nc(NC3CCCCCC3)nc(Oc3cccnc3)n2)cc1Cl.Oc1cccnc1. The van der Waals surface area contributed by atoms with Gasteiger partial charge < -0.3 is 40.6 Å². The van der Waals surface area contributed by atoms with Crippen LogP contribution in [-0.2, 0) is 0 Å². The minimum Gasteiger partial charge on any atom is -0.506 e. The van der Waals surface area contributed by atoms with E-state index in [2.05, 4.69) is 61.1 Å². The van der Waals surface area contributed by atoms with Gasteiger partial charge in [0.2, 0.25) is 29.1 Å². The van der Waals surface area contributed by atoms with Crippen molar-refractivity contribution < 1.29 is 19.3 Å². The standard InChI is InChI=1S/C22H25ClN6O2.C17H21Cl2N5O.C5H5NO/c1-30-19-11-10-16(13-18(19)23)26-21-27-20(25-15-7-4-2-3-5-8-15)28-22(29-21)31-17-9-6-12-24-14-17;1-25-14-9-8-12(10-13(14)18)21-17-23-15(19)22-16(24-17)20-11-6-4-2-3-5-7-11;7-5-2-1-3-6-4-5/h6,9-15H,2-5,7-8H2,1H3,(H2,25,26,27,28,29);8-11H,2-7H2,1H3,(H2,20,21,22,23,24);1-4,7H. The third-order valence-corrected chi connectivity index (χ3v) is 10.7. The lowest BCUT2D eigenvalue weighted by Gasteiger charge is -2.17. The fourth-order valence-electron chi connectivity index (χ4n) is 6.82. The molecule has 6 aromatic rings. The number of hydrogen-bond donors (Lipinski definition) is 5. The highest BCUT2D eigenvalue weighted by Crippen LogP contribution is 2.31. The number of nitrogens with one attached hydrogen (secondary N) is 4. The normalized spacial score (nSPS) is 14.2. The summed E-state index contributed by atoms with van der Waals surface area (Å²) in [5, 5.41) is 22.8. The number of ether oxygens (including phenoxy) is 3. The molecular weight excluding hydrogens is 867 g/mol. The maximum atomic E-state index is 8.57. The van der Waals surface area contributed by atoms with E-state index in [9.17, 15) is 0 Å². The summed E-state index contributed by atoms with van der Waals surface area (Å²) in [5.41, 5.74) is 1.47. The van der Waals surface area contributed by atoms with Crippen LogP contribution < -0.4 is 35.5 Å². The zero-order chi connectivity index (χ0) is 44.2. The molecule has 63 heavy (non-hydrogen) atoms. The third kappa shape index (κ3) is 15.7. The van der Waals surface area contributed by atoms with Crippen LogP contribution in [0, 0.1) is 0 Å². The summed E-state index contributed by atoms with van der Waals surface area (Å²) in [4.78, 5) is 33.9. The second-order valence-electron chi connectivity index (χ2n) is 14.6. The Morgan fingerprint density at radius 2 is 1.03 bits per heavy atom. The Balaban J connectivity index is 0.000000184. The third-order valence-electron chi connectivity index (χ3n) is 9.91. The van der Waals surface area contributed by atoms with Gasteiger partial charge in [0.25, 0.3) is 0 Å². The van der Waals surface area contributed by atoms with Crippen molar-refractivity contribution >= 4 is 70.0 Å². The van der Waals surface area contributed by atoms with Gasteiger partial charge in [-0.2, -0.15) is 29.9 Å². The molecule has 19 heteroatoms. The minimum atomic E-state index is 0.147. The molecule has 0 bridgehead atoms. The zero-order valence-corrected chi connectivity index (χ0v) is 37.4. The largest absolute Gasteiger partial charge is 0.506 e. The maximum Gasteiger partial charge on any atom is 0.328 e. The van der Waals surface area contributed by atoms with Crippen LogP contribution in [0.5, 0.6) is 29.0 Å². The van der Waals surface area contributed by atoms with Gasteiger partial charge in [0.1, 0.15) is 23.0 Å². The molecule has 5 N–H and O–H groups in total. The second-order valence-corrected chi connectivity index (χ2v) is 15.8. The lowest BCUT2D eigenvalue weighted by atomic mass is 10.1. The Morgan fingerprint density at radius 1 is 0.556 bits per heavy atom. The first-order valence-electron chi connectivity index (χ1n) is 20.8. The monoisotopic (exact) mass is 916 g/mol. The van der Waals surface area contributed by atoms with Crippen LogP contribution >= 0.6 is 34.8 Å². The van der Waals surface area contributed by atoms with E-state index >= 15 is 0 Å². The van der Waals surface area contributed by atoms with E-state index in [0.717, 1.165) is 37.1 Å². The summed E-state index contributed by atoms with van der Waals surface area (Å²) in [6, 6.07) is 18.5. The first-order valence-corrected chi connectivity index (χ1v) is 21.9. The van der Waals surface area contributed by atoms with Crippen LogP contribution in [0.1, 0.15) is 77.0 Å². The van der Waals surface area contributed by atoms with Crippen molar-refractivity contribution in [2.24, 2.45) is 0 Å². The number of methoxy groups -OCH3 is 2. The molecule has 4 heterocycles. The number of rotatable bonds is 12. The molecule has 0 saturated heterocycles. The quantitative estimate of drug-likeness (QED) is 0.0726. The van der Waals surface area contributed by atoms with Crippen molar-refractivity contribution in [2.75, 3.05) is 35.5 Å². The van der Waals surface area contributed by atoms with Crippen molar-refractivity contribution in [2.45, 2.75) is 89.1 Å². The van der Waals surface area contributed by atoms with Gasteiger partial charge in [-0.05, 0) is 97.9 Å². The van der Waals surface area contributed by atoms with Gasteiger partial charge in [0.05, 0.1) is 36.7 Å². The topological polar surface area (TPSA) is 199 Å². The smallest absolute Gasteiger partial charge is 0.328 e. The van der Waals surface area contributed by atoms with E-state index in [1.807, 2.05) is 12.1 Å². The summed E-state index contributed by atoms with van der Waals surface area (Å²) in [6.45, 7) is 0. The van der Waals surface area contributed by atoms with Crippen LogP contribution in [0.15, 0.2) is 85.5 Å². The molecule has 16 nitrogen and oxygen atoms in total. The van der Waals surface area contributed by atoms with Crippen LogP contribution in [-0.4, -0.2) is 71.3 Å². The van der Waals surface area contributed by atoms with Crippen molar-refractivity contribution in [1.29, 1.82) is 0 Å². The number of anilines is 6. The molecule has 0 atom stereocenters. The van der Waals surface area contributed by atoms with E-state index in [1.165, 1.54) is 57.6 Å². The summed E-state index contributed by atoms with van der Waals surface area (Å²) in [6.07, 6.45) is 20.7. The highest BCUT2D eigenvalue weighted by molar-refractivity contribution is 6.32. The van der Waals surface area contributed by atoms with Gasteiger partial charge in [0, 0.05) is 35.9 Å². The predicted octanol–water partition coefficient (Wildman–Crippen LogP) is 11.5. The number of hydrogen-bond acceptors (Lipinski definition) is 16. The van der Waals surface area contributed by atoms with Crippen molar-refractivity contribution in [3.05, 3.63) is 101 Å². The average Bonchev–Trinajstić information content (AvgIpc) is 3.70. The van der Waals surface area contributed by atoms with Crippen LogP contribution in [0.3, 0.4) is 0 Å². The minimum absolute atomic E-state index is 0.147. The molecule has 0 unspecified atom stereocenters. The highest BCUT2D eigenvalue weighted by atomic mass is 35.5. The molecule has 332 valence electrons. The van der Waals surface area contributed by atoms with Crippen molar-refractivity contribution in [3.63, 3.8) is 0 Å². The maximum absolute atomic E-state index is 8.57. The molecule has 2 fully saturated rings. The second kappa shape index (κ2) is 24.6. The first-order chi connectivity index (χ1) is 30.7. The molecule has 2 aromatic carbocycles. The Kier molecular flexibility index (Phi) is 18.2. The summed E-state index contributed by atoms with van der Waals surface area (Å²) < 4.78 is 16.2. The van der Waals surface area contributed by atoms with Gasteiger partial charge in [-0.1, -0.05) is 74.6 Å². The Morgan fingerprint density at radius 3 is 1.48 bits per heavy atom. The lowest BCUT2D eigenvalue weighted by molar-refractivity contribution is 0.415. The lowest BCUT2D eigenvalue weighted by Crippen LogP contribution is -2.20. The predicted molar refractivity (Wildman–Crippen MR) is 248 cm³/mol. The molecule has 2 aliphatic rings. The number of pyridine rings is 2. The molecule has 0 radical (unpaired) electrons. The average molecular weight is 918 g/mol. The van der Waals surface area contributed by atoms with Gasteiger partial charge >= 0.3 is 6.01 Å². The Bertz CT molecular complexity index is 2310. The fraction of sp³-hybridized carbons (Fsp3) is 0.364. The van der Waals surface area contributed by atoms with Gasteiger partial charge in [-0.3, -0.25) is 9.97 Å². The summed E-state index contributed by atoms with van der Waals surface area (Å²) in [5.74, 6) is 3.66. The molecular formula is C44H51Cl3N12O4. The van der Waals surface area contributed by atoms with E-state index < -0.39 is 0 Å². The number of aromatic hydroxyl groups is 1. The number of aromatic nitrogens is 8. The van der Waals surface area contributed by atoms with Crippen LogP contribution in [0.2, 0.25) is 15.3 Å². The Labute approximate surface area is 382 Å². The molecule has 4 aromatic heterocycles. The van der Waals surface area contributed by atoms with E-state index in [0.29, 0.717) is 63.2 Å². The van der Waals surface area contributed by atoms with Gasteiger partial charge in [-0.15, -0.1) is 0 Å². The first kappa shape index (κ1) is 46.5. The number of benzene rings is 2. The molecule has 2 saturated carbocycles. The number of nitrogens with zero attached hydrogens (tertiary/aromatic N) is 8. The van der Waals surface area contributed by atoms with Crippen LogP contribution in [0.25, 0.3) is 0 Å². The zero-order valence-electron chi connectivity index (χ0n) is 35.1. The van der Waals surface area contributed by atoms with Gasteiger partial charge in [-0.25, -0.2) is 0 Å². The van der Waals surface area contributed by atoms with Gasteiger partial charge in [0.15, 0.2) is 0 Å². The molecule has 0 amide bonds. The molecule has 2 aliphatic carbocycles. The van der Waals surface area contributed by atoms with Crippen molar-refractivity contribution in [3.8, 4) is 29.0 Å². The molecule has 0 spiro atoms.